The number of rotatable bonds is 4. The topological polar surface area (TPSA) is 80.1 Å². The fraction of sp³-hybridized carbons (Fsp3) is 0.286. The Hall–Kier alpha value is -2.48. The van der Waals surface area contributed by atoms with E-state index >= 15 is 0 Å². The van der Waals surface area contributed by atoms with E-state index in [4.69, 9.17) is 16.6 Å². The third-order valence-corrected chi connectivity index (χ3v) is 3.54. The van der Waals surface area contributed by atoms with Crippen LogP contribution >= 0.6 is 12.2 Å². The lowest BCUT2D eigenvalue weighted by Crippen LogP contribution is -2.34. The second-order valence-electron chi connectivity index (χ2n) is 4.50. The van der Waals surface area contributed by atoms with E-state index < -0.39 is 11.8 Å². The van der Waals surface area contributed by atoms with E-state index in [1.165, 1.54) is 36.3 Å². The number of hydrogen-bond donors (Lipinski definition) is 0. The van der Waals surface area contributed by atoms with Crippen LogP contribution in [0.15, 0.2) is 34.6 Å². The van der Waals surface area contributed by atoms with E-state index in [-0.39, 0.29) is 22.4 Å². The fourth-order valence-corrected chi connectivity index (χ4v) is 2.27. The van der Waals surface area contributed by atoms with Crippen molar-refractivity contribution in [3.8, 4) is 0 Å². The summed E-state index contributed by atoms with van der Waals surface area (Å²) in [5.41, 5.74) is -0.128. The standard InChI is InChI=1S/C14H14N2O5S/c1-9(17)10(13(19)20-2)8-15-5-6-16(14(15)22)12(18)11-4-3-7-21-11/h3-4,7-8H,5-6H2,1-2H3/b10-8-. The first-order chi connectivity index (χ1) is 10.5. The van der Waals surface area contributed by atoms with Crippen molar-refractivity contribution in [1.29, 1.82) is 0 Å². The summed E-state index contributed by atoms with van der Waals surface area (Å²) in [6.07, 6.45) is 2.71. The molecule has 0 radical (unpaired) electrons. The highest BCUT2D eigenvalue weighted by atomic mass is 32.1. The Bertz CT molecular complexity index is 650. The van der Waals surface area contributed by atoms with Crippen LogP contribution in [0.2, 0.25) is 0 Å². The number of carbonyl (C=O) groups is 3. The van der Waals surface area contributed by atoms with E-state index in [0.29, 0.717) is 13.1 Å². The summed E-state index contributed by atoms with van der Waals surface area (Å²) in [6, 6.07) is 3.15. The van der Waals surface area contributed by atoms with Gasteiger partial charge in [-0.25, -0.2) is 4.79 Å². The highest BCUT2D eigenvalue weighted by molar-refractivity contribution is 7.80. The summed E-state index contributed by atoms with van der Waals surface area (Å²) < 4.78 is 9.61. The van der Waals surface area contributed by atoms with E-state index in [1.54, 1.807) is 12.1 Å². The Kier molecular flexibility index (Phi) is 4.71. The number of hydrogen-bond acceptors (Lipinski definition) is 6. The summed E-state index contributed by atoms with van der Waals surface area (Å²) >= 11 is 5.22. The molecule has 2 rings (SSSR count). The second-order valence-corrected chi connectivity index (χ2v) is 4.87. The van der Waals surface area contributed by atoms with Crippen molar-refractivity contribution < 1.29 is 23.5 Å². The first kappa shape index (κ1) is 15.9. The number of Topliss-reactive ketones (excluding diaryl/α,β-unsaturated/α-hetero) is 1. The molecule has 2 heterocycles. The smallest absolute Gasteiger partial charge is 0.342 e. The lowest BCUT2D eigenvalue weighted by molar-refractivity contribution is -0.137. The van der Waals surface area contributed by atoms with Gasteiger partial charge in [0.05, 0.1) is 13.4 Å². The van der Waals surface area contributed by atoms with Crippen molar-refractivity contribution in [2.75, 3.05) is 20.2 Å². The monoisotopic (exact) mass is 322 g/mol. The fourth-order valence-electron chi connectivity index (χ4n) is 1.95. The summed E-state index contributed by atoms with van der Waals surface area (Å²) in [4.78, 5) is 38.1. The van der Waals surface area contributed by atoms with E-state index in [2.05, 4.69) is 4.74 Å². The van der Waals surface area contributed by atoms with Gasteiger partial charge < -0.3 is 14.1 Å². The van der Waals surface area contributed by atoms with Gasteiger partial charge in [-0.15, -0.1) is 0 Å². The van der Waals surface area contributed by atoms with Gasteiger partial charge in [0.2, 0.25) is 0 Å². The van der Waals surface area contributed by atoms with E-state index in [0.717, 1.165) is 0 Å². The first-order valence-electron chi connectivity index (χ1n) is 6.42. The van der Waals surface area contributed by atoms with Crippen LogP contribution in [-0.2, 0) is 14.3 Å². The molecule has 1 aromatic heterocycles. The quantitative estimate of drug-likeness (QED) is 0.269. The maximum absolute atomic E-state index is 12.2. The molecule has 1 aliphatic heterocycles. The molecule has 1 saturated heterocycles. The number of furan rings is 1. The number of esters is 1. The van der Waals surface area contributed by atoms with Crippen molar-refractivity contribution in [1.82, 2.24) is 9.80 Å². The minimum atomic E-state index is -0.744. The molecule has 1 amide bonds. The van der Waals surface area contributed by atoms with Gasteiger partial charge >= 0.3 is 5.97 Å². The van der Waals surface area contributed by atoms with Gasteiger partial charge in [0, 0.05) is 19.3 Å². The zero-order valence-electron chi connectivity index (χ0n) is 12.1. The lowest BCUT2D eigenvalue weighted by atomic mass is 10.2. The number of nitrogens with zero attached hydrogens (tertiary/aromatic N) is 2. The number of ketones is 1. The molecule has 1 fully saturated rings. The molecule has 1 aliphatic rings. The molecule has 8 heteroatoms. The zero-order chi connectivity index (χ0) is 16.3. The summed E-state index contributed by atoms with van der Waals surface area (Å²) in [6.45, 7) is 1.97. The van der Waals surface area contributed by atoms with Gasteiger partial charge in [0.25, 0.3) is 5.91 Å². The number of amides is 1. The highest BCUT2D eigenvalue weighted by Gasteiger charge is 2.32. The van der Waals surface area contributed by atoms with Crippen LogP contribution in [0.5, 0.6) is 0 Å². The van der Waals surface area contributed by atoms with Crippen LogP contribution in [0.3, 0.4) is 0 Å². The molecule has 0 N–H and O–H groups in total. The van der Waals surface area contributed by atoms with Crippen LogP contribution in [0, 0.1) is 0 Å². The van der Waals surface area contributed by atoms with Gasteiger partial charge in [0.15, 0.2) is 16.7 Å². The van der Waals surface area contributed by atoms with Gasteiger partial charge in [-0.2, -0.15) is 0 Å². The third kappa shape index (κ3) is 3.06. The first-order valence-corrected chi connectivity index (χ1v) is 6.83. The molecular weight excluding hydrogens is 308 g/mol. The molecule has 0 spiro atoms. The van der Waals surface area contributed by atoms with Crippen molar-refractivity contribution in [3.63, 3.8) is 0 Å². The number of methoxy groups -OCH3 is 1. The number of carbonyl (C=O) groups excluding carboxylic acids is 3. The minimum absolute atomic E-state index is 0.128. The predicted molar refractivity (Wildman–Crippen MR) is 79.8 cm³/mol. The molecule has 0 aromatic carbocycles. The van der Waals surface area contributed by atoms with Gasteiger partial charge in [0.1, 0.15) is 5.57 Å². The molecule has 0 bridgehead atoms. The average molecular weight is 322 g/mol. The normalized spacial score (nSPS) is 15.2. The Morgan fingerprint density at radius 2 is 2.09 bits per heavy atom. The van der Waals surface area contributed by atoms with Gasteiger partial charge in [-0.1, -0.05) is 0 Å². The van der Waals surface area contributed by atoms with Crippen LogP contribution in [0.1, 0.15) is 17.5 Å². The molecule has 7 nitrogen and oxygen atoms in total. The minimum Gasteiger partial charge on any atom is -0.465 e. The van der Waals surface area contributed by atoms with Gasteiger partial charge in [-0.05, 0) is 31.3 Å². The second kappa shape index (κ2) is 6.52. The molecule has 0 aliphatic carbocycles. The Labute approximate surface area is 132 Å². The highest BCUT2D eigenvalue weighted by Crippen LogP contribution is 2.16. The molecule has 22 heavy (non-hydrogen) atoms. The van der Waals surface area contributed by atoms with Crippen LogP contribution in [0.4, 0.5) is 0 Å². The summed E-state index contributed by atoms with van der Waals surface area (Å²) in [5, 5.41) is 0.198. The number of ether oxygens (including phenoxy) is 1. The maximum atomic E-state index is 12.2. The predicted octanol–water partition coefficient (Wildman–Crippen LogP) is 0.968. The molecular formula is C14H14N2O5S. The summed E-state index contributed by atoms with van der Waals surface area (Å²) in [7, 11) is 1.19. The van der Waals surface area contributed by atoms with Crippen LogP contribution in [0.25, 0.3) is 0 Å². The molecule has 116 valence electrons. The van der Waals surface area contributed by atoms with Crippen LogP contribution < -0.4 is 0 Å². The van der Waals surface area contributed by atoms with E-state index in [1.807, 2.05) is 0 Å². The van der Waals surface area contributed by atoms with Gasteiger partial charge in [-0.3, -0.25) is 14.5 Å². The number of thiocarbonyl (C=S) groups is 1. The third-order valence-electron chi connectivity index (χ3n) is 3.09. The molecule has 0 unspecified atom stereocenters. The average Bonchev–Trinajstić information content (AvgIpc) is 3.13. The zero-order valence-corrected chi connectivity index (χ0v) is 12.9. The summed E-state index contributed by atoms with van der Waals surface area (Å²) in [5.74, 6) is -1.38. The molecule has 0 saturated carbocycles. The van der Waals surface area contributed by atoms with E-state index in [9.17, 15) is 14.4 Å². The Balaban J connectivity index is 2.19. The largest absolute Gasteiger partial charge is 0.465 e. The Morgan fingerprint density at radius 3 is 2.64 bits per heavy atom. The molecule has 1 aromatic rings. The maximum Gasteiger partial charge on any atom is 0.342 e. The van der Waals surface area contributed by atoms with Crippen molar-refractivity contribution in [2.24, 2.45) is 0 Å². The SMILES string of the molecule is COC(=O)/C(=C\N1CCN(C(=O)c2ccco2)C1=S)C(C)=O. The molecule has 0 atom stereocenters. The van der Waals surface area contributed by atoms with Crippen molar-refractivity contribution in [2.45, 2.75) is 6.92 Å². The van der Waals surface area contributed by atoms with Crippen molar-refractivity contribution in [3.05, 3.63) is 35.9 Å². The Morgan fingerprint density at radius 1 is 1.36 bits per heavy atom. The van der Waals surface area contributed by atoms with Crippen LogP contribution in [-0.4, -0.2) is 52.8 Å². The van der Waals surface area contributed by atoms with Crippen molar-refractivity contribution >= 4 is 35.0 Å². The lowest BCUT2D eigenvalue weighted by Gasteiger charge is -2.17.